The van der Waals surface area contributed by atoms with Gasteiger partial charge in [-0.1, -0.05) is 62.3 Å². The lowest BCUT2D eigenvalue weighted by molar-refractivity contribution is 0.337. The molecule has 1 aromatic rings. The number of rotatable bonds is 4. The molecule has 1 aliphatic rings. The Morgan fingerprint density at radius 3 is 2.62 bits per heavy atom. The number of allylic oxidation sites excluding steroid dienone is 5. The van der Waals surface area contributed by atoms with E-state index in [1.807, 2.05) is 13.0 Å². The van der Waals surface area contributed by atoms with Crippen LogP contribution in [0.1, 0.15) is 56.2 Å². The molecule has 0 amide bonds. The lowest BCUT2D eigenvalue weighted by Crippen LogP contribution is -2.16. The van der Waals surface area contributed by atoms with Crippen molar-refractivity contribution >= 4 is 5.57 Å². The highest BCUT2D eigenvalue weighted by Gasteiger charge is 2.27. The Morgan fingerprint density at radius 1 is 1.33 bits per heavy atom. The van der Waals surface area contributed by atoms with Crippen molar-refractivity contribution in [2.24, 2.45) is 5.92 Å². The van der Waals surface area contributed by atoms with Gasteiger partial charge in [0.1, 0.15) is 5.76 Å². The zero-order chi connectivity index (χ0) is 15.6. The van der Waals surface area contributed by atoms with E-state index in [4.69, 9.17) is 0 Å². The van der Waals surface area contributed by atoms with Crippen LogP contribution in [0.25, 0.3) is 5.57 Å². The Balaban J connectivity index is 2.46. The number of hydrogen-bond donors (Lipinski definition) is 1. The summed E-state index contributed by atoms with van der Waals surface area (Å²) in [5, 5.41) is 10.6. The van der Waals surface area contributed by atoms with Gasteiger partial charge in [0.05, 0.1) is 0 Å². The number of aryl methyl sites for hydroxylation is 1. The standard InChI is InChI=1S/C20H26O/c1-6-7-16-11-15(5)20(19(21)12-16)18-10-14(4)8-9-17(18)13(2)3/h8-12,15,20-21H,2,6-7H2,1,3-5H3. The zero-order valence-electron chi connectivity index (χ0n) is 13.6. The Kier molecular flexibility index (Phi) is 4.72. The van der Waals surface area contributed by atoms with Crippen LogP contribution < -0.4 is 0 Å². The fraction of sp³-hybridized carbons (Fsp3) is 0.400. The summed E-state index contributed by atoms with van der Waals surface area (Å²) < 4.78 is 0. The van der Waals surface area contributed by atoms with Crippen LogP contribution in [0, 0.1) is 12.8 Å². The third-order valence-corrected chi connectivity index (χ3v) is 4.20. The second-order valence-corrected chi connectivity index (χ2v) is 6.27. The molecule has 2 unspecified atom stereocenters. The largest absolute Gasteiger partial charge is 0.512 e. The van der Waals surface area contributed by atoms with Crippen LogP contribution in [0.5, 0.6) is 0 Å². The summed E-state index contributed by atoms with van der Waals surface area (Å²) in [4.78, 5) is 0. The van der Waals surface area contributed by atoms with E-state index in [2.05, 4.69) is 51.6 Å². The second-order valence-electron chi connectivity index (χ2n) is 6.27. The average molecular weight is 282 g/mol. The van der Waals surface area contributed by atoms with Gasteiger partial charge in [0.25, 0.3) is 0 Å². The molecule has 0 radical (unpaired) electrons. The molecule has 112 valence electrons. The molecule has 2 rings (SSSR count). The van der Waals surface area contributed by atoms with Crippen LogP contribution >= 0.6 is 0 Å². The Bertz CT molecular complexity index is 604. The molecule has 21 heavy (non-hydrogen) atoms. The van der Waals surface area contributed by atoms with E-state index in [1.54, 1.807) is 0 Å². The predicted octanol–water partition coefficient (Wildman–Crippen LogP) is 5.93. The molecule has 0 bridgehead atoms. The number of benzene rings is 1. The first-order valence-electron chi connectivity index (χ1n) is 7.81. The number of hydrogen-bond acceptors (Lipinski definition) is 1. The van der Waals surface area contributed by atoms with E-state index in [9.17, 15) is 5.11 Å². The molecule has 0 heterocycles. The fourth-order valence-corrected chi connectivity index (χ4v) is 3.25. The summed E-state index contributed by atoms with van der Waals surface area (Å²) in [6, 6.07) is 6.42. The van der Waals surface area contributed by atoms with Crippen LogP contribution in [0.15, 0.2) is 48.3 Å². The minimum absolute atomic E-state index is 0.0391. The second kappa shape index (κ2) is 6.34. The molecule has 1 heteroatoms. The summed E-state index contributed by atoms with van der Waals surface area (Å²) in [6.07, 6.45) is 6.40. The lowest BCUT2D eigenvalue weighted by Gasteiger charge is -2.28. The molecule has 1 nitrogen and oxygen atoms in total. The van der Waals surface area contributed by atoms with Gasteiger partial charge >= 0.3 is 0 Å². The summed E-state index contributed by atoms with van der Waals surface area (Å²) in [6.45, 7) is 12.6. The van der Waals surface area contributed by atoms with Crippen molar-refractivity contribution in [1.29, 1.82) is 0 Å². The molecule has 0 aromatic heterocycles. The van der Waals surface area contributed by atoms with E-state index in [0.29, 0.717) is 11.7 Å². The monoisotopic (exact) mass is 282 g/mol. The molecule has 0 aliphatic heterocycles. The average Bonchev–Trinajstić information content (AvgIpc) is 2.38. The van der Waals surface area contributed by atoms with E-state index in [0.717, 1.165) is 24.0 Å². The molecule has 2 atom stereocenters. The van der Waals surface area contributed by atoms with Gasteiger partial charge in [-0.15, -0.1) is 0 Å². The zero-order valence-corrected chi connectivity index (χ0v) is 13.6. The first-order chi connectivity index (χ1) is 9.93. The van der Waals surface area contributed by atoms with E-state index in [1.165, 1.54) is 16.7 Å². The van der Waals surface area contributed by atoms with E-state index >= 15 is 0 Å². The molecular weight excluding hydrogens is 256 g/mol. The topological polar surface area (TPSA) is 20.2 Å². The van der Waals surface area contributed by atoms with Crippen LogP contribution in [-0.4, -0.2) is 5.11 Å². The smallest absolute Gasteiger partial charge is 0.101 e. The number of aliphatic hydroxyl groups is 1. The van der Waals surface area contributed by atoms with Gasteiger partial charge in [0, 0.05) is 5.92 Å². The molecule has 1 N–H and O–H groups in total. The third-order valence-electron chi connectivity index (χ3n) is 4.20. The highest BCUT2D eigenvalue weighted by atomic mass is 16.3. The molecule has 1 aromatic carbocycles. The van der Waals surface area contributed by atoms with Gasteiger partial charge in [0.15, 0.2) is 0 Å². The molecule has 0 spiro atoms. The summed E-state index contributed by atoms with van der Waals surface area (Å²) in [5.41, 5.74) is 5.87. The predicted molar refractivity (Wildman–Crippen MR) is 91.5 cm³/mol. The summed E-state index contributed by atoms with van der Waals surface area (Å²) >= 11 is 0. The van der Waals surface area contributed by atoms with Crippen LogP contribution in [0.2, 0.25) is 0 Å². The number of aliphatic hydroxyl groups excluding tert-OH is 1. The quantitative estimate of drug-likeness (QED) is 0.725. The molecule has 0 saturated heterocycles. The Labute approximate surface area is 128 Å². The van der Waals surface area contributed by atoms with E-state index in [-0.39, 0.29) is 5.92 Å². The van der Waals surface area contributed by atoms with Gasteiger partial charge in [-0.25, -0.2) is 0 Å². The van der Waals surface area contributed by atoms with Crippen LogP contribution in [0.4, 0.5) is 0 Å². The van der Waals surface area contributed by atoms with E-state index < -0.39 is 0 Å². The van der Waals surface area contributed by atoms with Crippen molar-refractivity contribution in [3.05, 3.63) is 65.0 Å². The van der Waals surface area contributed by atoms with Gasteiger partial charge in [0.2, 0.25) is 0 Å². The maximum Gasteiger partial charge on any atom is 0.101 e. The van der Waals surface area contributed by atoms with Crippen LogP contribution in [0.3, 0.4) is 0 Å². The summed E-state index contributed by atoms with van der Waals surface area (Å²) in [7, 11) is 0. The first kappa shape index (κ1) is 15.6. The summed E-state index contributed by atoms with van der Waals surface area (Å²) in [5.74, 6) is 0.829. The third kappa shape index (κ3) is 3.29. The fourth-order valence-electron chi connectivity index (χ4n) is 3.25. The SMILES string of the molecule is C=C(C)c1ccc(C)cc1C1C(O)=CC(CCC)=CC1C. The molecule has 0 fully saturated rings. The van der Waals surface area contributed by atoms with Crippen molar-refractivity contribution in [3.63, 3.8) is 0 Å². The van der Waals surface area contributed by atoms with Gasteiger partial charge in [-0.05, 0) is 49.0 Å². The van der Waals surface area contributed by atoms with Gasteiger partial charge in [-0.2, -0.15) is 0 Å². The lowest BCUT2D eigenvalue weighted by atomic mass is 9.77. The Morgan fingerprint density at radius 2 is 2.05 bits per heavy atom. The maximum absolute atomic E-state index is 10.6. The van der Waals surface area contributed by atoms with Gasteiger partial charge in [-0.3, -0.25) is 0 Å². The molecule has 0 saturated carbocycles. The van der Waals surface area contributed by atoms with Crippen LogP contribution in [-0.2, 0) is 0 Å². The van der Waals surface area contributed by atoms with Gasteiger partial charge < -0.3 is 5.11 Å². The van der Waals surface area contributed by atoms with Crippen molar-refractivity contribution in [2.75, 3.05) is 0 Å². The normalized spacial score (nSPS) is 21.7. The van der Waals surface area contributed by atoms with Crippen molar-refractivity contribution < 1.29 is 5.11 Å². The maximum atomic E-state index is 10.6. The molecular formula is C20H26O. The highest BCUT2D eigenvalue weighted by Crippen LogP contribution is 2.40. The highest BCUT2D eigenvalue weighted by molar-refractivity contribution is 5.66. The van der Waals surface area contributed by atoms with Crippen molar-refractivity contribution in [3.8, 4) is 0 Å². The van der Waals surface area contributed by atoms with Crippen molar-refractivity contribution in [1.82, 2.24) is 0 Å². The molecule has 1 aliphatic carbocycles. The minimum Gasteiger partial charge on any atom is -0.512 e. The van der Waals surface area contributed by atoms with Crippen molar-refractivity contribution in [2.45, 2.75) is 46.5 Å². The first-order valence-corrected chi connectivity index (χ1v) is 7.81. The minimum atomic E-state index is 0.0391. The Hall–Kier alpha value is -1.76.